The Balaban J connectivity index is 1.93. The summed E-state index contributed by atoms with van der Waals surface area (Å²) in [5.74, 6) is 0.0436. The summed E-state index contributed by atoms with van der Waals surface area (Å²) < 4.78 is 28.0. The number of amides is 1. The van der Waals surface area contributed by atoms with Crippen molar-refractivity contribution in [1.82, 2.24) is 0 Å². The molecule has 0 bridgehead atoms. The lowest BCUT2D eigenvalue weighted by atomic mass is 10.1. The number of nitrogens with zero attached hydrogens (tertiary/aromatic N) is 1. The number of hydrogen-bond donors (Lipinski definition) is 1. The lowest BCUT2D eigenvalue weighted by Crippen LogP contribution is -2.25. The molecule has 0 fully saturated rings. The molecular formula is C18H20N2O3S. The molecule has 2 aromatic rings. The Kier molecular flexibility index (Phi) is 4.09. The van der Waals surface area contributed by atoms with Gasteiger partial charge in [-0.1, -0.05) is 12.1 Å². The van der Waals surface area contributed by atoms with Gasteiger partial charge >= 0.3 is 0 Å². The minimum atomic E-state index is -3.67. The fourth-order valence-electron chi connectivity index (χ4n) is 3.00. The van der Waals surface area contributed by atoms with E-state index in [1.54, 1.807) is 42.2 Å². The molecule has 1 aliphatic rings. The molecule has 1 heterocycles. The highest BCUT2D eigenvalue weighted by molar-refractivity contribution is 7.92. The Bertz CT molecular complexity index is 920. The van der Waals surface area contributed by atoms with E-state index >= 15 is 0 Å². The predicted molar refractivity (Wildman–Crippen MR) is 94.9 cm³/mol. The van der Waals surface area contributed by atoms with E-state index in [1.165, 1.54) is 0 Å². The van der Waals surface area contributed by atoms with Crippen molar-refractivity contribution >= 4 is 27.3 Å². The second-order valence-corrected chi connectivity index (χ2v) is 7.68. The molecule has 3 rings (SSSR count). The third kappa shape index (κ3) is 2.89. The van der Waals surface area contributed by atoms with Crippen molar-refractivity contribution in [2.24, 2.45) is 0 Å². The zero-order valence-corrected chi connectivity index (χ0v) is 14.8. The van der Waals surface area contributed by atoms with Gasteiger partial charge in [0.1, 0.15) is 0 Å². The Morgan fingerprint density at radius 2 is 1.88 bits per heavy atom. The van der Waals surface area contributed by atoms with Gasteiger partial charge in [-0.25, -0.2) is 8.42 Å². The number of likely N-dealkylation sites (N-methyl/N-ethyl adjacent to an activating group) is 1. The van der Waals surface area contributed by atoms with Crippen LogP contribution in [0.1, 0.15) is 23.6 Å². The number of carbonyl (C=O) groups excluding carboxylic acids is 1. The second-order valence-electron chi connectivity index (χ2n) is 6.03. The van der Waals surface area contributed by atoms with Gasteiger partial charge < -0.3 is 4.90 Å². The quantitative estimate of drug-likeness (QED) is 0.927. The van der Waals surface area contributed by atoms with Gasteiger partial charge in [0, 0.05) is 17.9 Å². The number of fused-ring (bicyclic) bond motifs is 1. The van der Waals surface area contributed by atoms with E-state index in [2.05, 4.69) is 4.72 Å². The van der Waals surface area contributed by atoms with Crippen LogP contribution < -0.4 is 9.62 Å². The zero-order valence-electron chi connectivity index (χ0n) is 14.0. The van der Waals surface area contributed by atoms with Crippen molar-refractivity contribution in [1.29, 1.82) is 0 Å². The van der Waals surface area contributed by atoms with E-state index in [9.17, 15) is 13.2 Å². The summed E-state index contributed by atoms with van der Waals surface area (Å²) in [6, 6.07) is 10.6. The fourth-order valence-corrected chi connectivity index (χ4v) is 4.38. The number of rotatable bonds is 4. The summed E-state index contributed by atoms with van der Waals surface area (Å²) in [4.78, 5) is 13.9. The molecule has 0 aliphatic carbocycles. The van der Waals surface area contributed by atoms with Gasteiger partial charge in [0.05, 0.1) is 11.3 Å². The number of carbonyl (C=O) groups is 1. The Morgan fingerprint density at radius 1 is 1.12 bits per heavy atom. The number of anilines is 2. The molecule has 24 heavy (non-hydrogen) atoms. The van der Waals surface area contributed by atoms with Crippen molar-refractivity contribution in [3.05, 3.63) is 53.1 Å². The maximum absolute atomic E-state index is 12.7. The predicted octanol–water partition coefficient (Wildman–Crippen LogP) is 3.01. The Hall–Kier alpha value is -2.34. The summed E-state index contributed by atoms with van der Waals surface area (Å²) in [5, 5.41) is 0. The minimum Gasteiger partial charge on any atom is -0.312 e. The lowest BCUT2D eigenvalue weighted by Gasteiger charge is -2.15. The number of aryl methyl sites for hydroxylation is 2. The van der Waals surface area contributed by atoms with Crippen molar-refractivity contribution in [3.8, 4) is 0 Å². The highest BCUT2D eigenvalue weighted by atomic mass is 32.2. The average Bonchev–Trinajstić information content (AvgIpc) is 2.83. The maximum Gasteiger partial charge on any atom is 0.262 e. The first-order chi connectivity index (χ1) is 11.3. The van der Waals surface area contributed by atoms with E-state index in [0.29, 0.717) is 24.2 Å². The first kappa shape index (κ1) is 16.5. The van der Waals surface area contributed by atoms with E-state index < -0.39 is 10.0 Å². The molecule has 1 aliphatic heterocycles. The molecule has 0 saturated heterocycles. The van der Waals surface area contributed by atoms with Gasteiger partial charge in [0.2, 0.25) is 5.91 Å². The molecule has 2 aromatic carbocycles. The van der Waals surface area contributed by atoms with Crippen LogP contribution in [0.2, 0.25) is 0 Å². The maximum atomic E-state index is 12.7. The van der Waals surface area contributed by atoms with Gasteiger partial charge in [-0.3, -0.25) is 9.52 Å². The fraction of sp³-hybridized carbons (Fsp3) is 0.278. The molecule has 0 aromatic heterocycles. The van der Waals surface area contributed by atoms with Gasteiger partial charge in [0.15, 0.2) is 0 Å². The first-order valence-electron chi connectivity index (χ1n) is 7.85. The van der Waals surface area contributed by atoms with Crippen molar-refractivity contribution < 1.29 is 13.2 Å². The van der Waals surface area contributed by atoms with E-state index in [1.807, 2.05) is 19.9 Å². The molecule has 0 spiro atoms. The number of sulfonamides is 1. The first-order valence-corrected chi connectivity index (χ1v) is 9.33. The van der Waals surface area contributed by atoms with Crippen LogP contribution in [0.4, 0.5) is 11.4 Å². The molecule has 126 valence electrons. The van der Waals surface area contributed by atoms with Crippen LogP contribution in [0.3, 0.4) is 0 Å². The molecule has 0 unspecified atom stereocenters. The summed E-state index contributed by atoms with van der Waals surface area (Å²) in [6.45, 7) is 6.16. The summed E-state index contributed by atoms with van der Waals surface area (Å²) in [7, 11) is -3.67. The number of hydrogen-bond acceptors (Lipinski definition) is 3. The molecule has 1 N–H and O–H groups in total. The van der Waals surface area contributed by atoms with Crippen molar-refractivity contribution in [3.63, 3.8) is 0 Å². The summed E-state index contributed by atoms with van der Waals surface area (Å²) >= 11 is 0. The summed E-state index contributed by atoms with van der Waals surface area (Å²) in [6.07, 6.45) is 0.308. The van der Waals surface area contributed by atoms with Crippen LogP contribution in [0, 0.1) is 13.8 Å². The Morgan fingerprint density at radius 3 is 2.58 bits per heavy atom. The normalized spacial score (nSPS) is 14.0. The monoisotopic (exact) mass is 344 g/mol. The minimum absolute atomic E-state index is 0.0436. The van der Waals surface area contributed by atoms with Crippen LogP contribution in [0.25, 0.3) is 0 Å². The molecule has 6 heteroatoms. The lowest BCUT2D eigenvalue weighted by molar-refractivity contribution is -0.117. The highest BCUT2D eigenvalue weighted by Crippen LogP contribution is 2.32. The van der Waals surface area contributed by atoms with Crippen molar-refractivity contribution in [2.45, 2.75) is 32.1 Å². The van der Waals surface area contributed by atoms with Crippen LogP contribution in [-0.4, -0.2) is 20.9 Å². The van der Waals surface area contributed by atoms with Gasteiger partial charge in [-0.15, -0.1) is 0 Å². The van der Waals surface area contributed by atoms with E-state index in [-0.39, 0.29) is 10.8 Å². The molecule has 0 atom stereocenters. The molecule has 0 radical (unpaired) electrons. The number of benzene rings is 2. The largest absolute Gasteiger partial charge is 0.312 e. The van der Waals surface area contributed by atoms with Crippen LogP contribution in [0.15, 0.2) is 41.3 Å². The zero-order chi connectivity index (χ0) is 17.5. The third-order valence-corrected chi connectivity index (χ3v) is 5.74. The molecule has 1 amide bonds. The average molecular weight is 344 g/mol. The van der Waals surface area contributed by atoms with Crippen LogP contribution in [-0.2, 0) is 21.2 Å². The highest BCUT2D eigenvalue weighted by Gasteiger charge is 2.26. The molecule has 5 nitrogen and oxygen atoms in total. The van der Waals surface area contributed by atoms with E-state index in [0.717, 1.165) is 16.8 Å². The molecule has 0 saturated carbocycles. The van der Waals surface area contributed by atoms with Crippen LogP contribution in [0.5, 0.6) is 0 Å². The van der Waals surface area contributed by atoms with Gasteiger partial charge in [0.25, 0.3) is 10.0 Å². The molecular weight excluding hydrogens is 324 g/mol. The Labute approximate surface area is 142 Å². The van der Waals surface area contributed by atoms with Gasteiger partial charge in [-0.05, 0) is 61.7 Å². The third-order valence-electron chi connectivity index (χ3n) is 4.21. The second kappa shape index (κ2) is 5.94. The van der Waals surface area contributed by atoms with Crippen LogP contribution >= 0.6 is 0 Å². The standard InChI is InChI=1S/C18H20N2O3S/c1-4-20-16-8-7-15(10-14(16)11-18(20)21)19-24(22,23)17-9-12(2)5-6-13(17)3/h5-10,19H,4,11H2,1-3H3. The topological polar surface area (TPSA) is 66.5 Å². The smallest absolute Gasteiger partial charge is 0.262 e. The van der Waals surface area contributed by atoms with Crippen molar-refractivity contribution in [2.75, 3.05) is 16.2 Å². The van der Waals surface area contributed by atoms with E-state index in [4.69, 9.17) is 0 Å². The summed E-state index contributed by atoms with van der Waals surface area (Å²) in [5.41, 5.74) is 3.77. The SMILES string of the molecule is CCN1C(=O)Cc2cc(NS(=O)(=O)c3cc(C)ccc3C)ccc21. The van der Waals surface area contributed by atoms with Gasteiger partial charge in [-0.2, -0.15) is 0 Å². The number of nitrogens with one attached hydrogen (secondary N) is 1.